The Balaban J connectivity index is 1.32. The van der Waals surface area contributed by atoms with Crippen molar-refractivity contribution in [2.75, 3.05) is 36.0 Å². The highest BCUT2D eigenvalue weighted by molar-refractivity contribution is 5.76. The summed E-state index contributed by atoms with van der Waals surface area (Å²) in [5, 5.41) is 0. The van der Waals surface area contributed by atoms with Gasteiger partial charge in [0.1, 0.15) is 0 Å². The molecule has 6 nitrogen and oxygen atoms in total. The highest BCUT2D eigenvalue weighted by Crippen LogP contribution is 2.32. The van der Waals surface area contributed by atoms with Crippen LogP contribution in [0.4, 0.5) is 11.9 Å². The van der Waals surface area contributed by atoms with Crippen molar-refractivity contribution >= 4 is 11.9 Å². The monoisotopic (exact) mass is 524 g/mol. The number of benzene rings is 3. The zero-order valence-electron chi connectivity index (χ0n) is 22.6. The van der Waals surface area contributed by atoms with Gasteiger partial charge in [-0.05, 0) is 43.9 Å². The van der Waals surface area contributed by atoms with Gasteiger partial charge in [0.05, 0.1) is 22.8 Å². The predicted octanol–water partition coefficient (Wildman–Crippen LogP) is 7.14. The molecule has 2 aliphatic rings. The van der Waals surface area contributed by atoms with Crippen LogP contribution in [0.25, 0.3) is 45.0 Å². The minimum atomic E-state index is 0.809. The molecule has 0 radical (unpaired) electrons. The van der Waals surface area contributed by atoms with E-state index in [4.69, 9.17) is 19.9 Å². The van der Waals surface area contributed by atoms with Crippen molar-refractivity contribution in [3.8, 4) is 45.0 Å². The molecule has 4 heterocycles. The third-order valence-electron chi connectivity index (χ3n) is 7.80. The van der Waals surface area contributed by atoms with Gasteiger partial charge >= 0.3 is 0 Å². The standard InChI is InChI=1S/C34H32N6/c1-3-12-25(13-4-1)29-23-31(37-33(35-29)39-18-7-8-19-39)27-16-11-17-28(22-27)32-24-30(26-14-5-2-6-15-26)36-34(38-32)40-20-9-10-21-40/h1-6,11-17,22-24H,7-10,18-21H2. The minimum Gasteiger partial charge on any atom is -0.341 e. The lowest BCUT2D eigenvalue weighted by molar-refractivity contribution is 0.901. The van der Waals surface area contributed by atoms with Crippen LogP contribution in [0.3, 0.4) is 0 Å². The van der Waals surface area contributed by atoms with E-state index in [1.54, 1.807) is 0 Å². The van der Waals surface area contributed by atoms with E-state index in [1.165, 1.54) is 25.7 Å². The van der Waals surface area contributed by atoms with Crippen molar-refractivity contribution in [2.45, 2.75) is 25.7 Å². The minimum absolute atomic E-state index is 0.809. The van der Waals surface area contributed by atoms with E-state index in [2.05, 4.69) is 94.7 Å². The number of hydrogen-bond donors (Lipinski definition) is 0. The summed E-state index contributed by atoms with van der Waals surface area (Å²) in [4.78, 5) is 24.7. The molecule has 3 aromatic carbocycles. The van der Waals surface area contributed by atoms with Gasteiger partial charge in [-0.2, -0.15) is 0 Å². The van der Waals surface area contributed by atoms with Crippen LogP contribution in [0.1, 0.15) is 25.7 Å². The number of nitrogens with zero attached hydrogens (tertiary/aromatic N) is 6. The molecule has 0 unspecified atom stereocenters. The molecule has 0 spiro atoms. The lowest BCUT2D eigenvalue weighted by atomic mass is 10.0. The second kappa shape index (κ2) is 10.9. The summed E-state index contributed by atoms with van der Waals surface area (Å²) in [6.45, 7) is 4.00. The van der Waals surface area contributed by atoms with Gasteiger partial charge in [0.2, 0.25) is 11.9 Å². The molecular formula is C34H32N6. The first-order valence-corrected chi connectivity index (χ1v) is 14.3. The van der Waals surface area contributed by atoms with Crippen LogP contribution in [-0.2, 0) is 0 Å². The van der Waals surface area contributed by atoms with E-state index in [1.807, 2.05) is 12.1 Å². The maximum Gasteiger partial charge on any atom is 0.226 e. The molecule has 0 aliphatic carbocycles. The molecule has 2 aliphatic heterocycles. The second-order valence-corrected chi connectivity index (χ2v) is 10.6. The van der Waals surface area contributed by atoms with Crippen molar-refractivity contribution in [3.63, 3.8) is 0 Å². The Morgan fingerprint density at radius 1 is 0.375 bits per heavy atom. The SMILES string of the molecule is c1ccc(-c2cc(-c3cccc(-c4cc(-c5ccccc5)nc(N5CCCC5)n4)c3)nc(N3CCCC3)n2)cc1. The lowest BCUT2D eigenvalue weighted by Crippen LogP contribution is -2.21. The molecule has 40 heavy (non-hydrogen) atoms. The Bertz CT molecular complexity index is 1490. The molecule has 6 heteroatoms. The maximum atomic E-state index is 5.07. The lowest BCUT2D eigenvalue weighted by Gasteiger charge is -2.18. The fourth-order valence-corrected chi connectivity index (χ4v) is 5.63. The summed E-state index contributed by atoms with van der Waals surface area (Å²) in [6, 6.07) is 33.6. The Labute approximate surface area is 235 Å². The molecule has 7 rings (SSSR count). The van der Waals surface area contributed by atoms with Gasteiger partial charge in [-0.15, -0.1) is 0 Å². The highest BCUT2D eigenvalue weighted by Gasteiger charge is 2.20. The molecule has 0 N–H and O–H groups in total. The van der Waals surface area contributed by atoms with Crippen LogP contribution < -0.4 is 9.80 Å². The molecular weight excluding hydrogens is 492 g/mol. The van der Waals surface area contributed by atoms with Crippen LogP contribution in [0.2, 0.25) is 0 Å². The molecule has 0 saturated carbocycles. The van der Waals surface area contributed by atoms with Crippen LogP contribution in [0.5, 0.6) is 0 Å². The Kier molecular flexibility index (Phi) is 6.66. The van der Waals surface area contributed by atoms with Gasteiger partial charge in [0.25, 0.3) is 0 Å². The first kappa shape index (κ1) is 24.5. The summed E-state index contributed by atoms with van der Waals surface area (Å²) in [5.74, 6) is 1.62. The zero-order chi connectivity index (χ0) is 26.7. The van der Waals surface area contributed by atoms with E-state index in [9.17, 15) is 0 Å². The molecule has 0 atom stereocenters. The summed E-state index contributed by atoms with van der Waals surface area (Å²) in [5.41, 5.74) is 8.05. The number of anilines is 2. The zero-order valence-corrected chi connectivity index (χ0v) is 22.6. The van der Waals surface area contributed by atoms with E-state index >= 15 is 0 Å². The first-order chi connectivity index (χ1) is 19.8. The van der Waals surface area contributed by atoms with Crippen molar-refractivity contribution in [2.24, 2.45) is 0 Å². The molecule has 0 bridgehead atoms. The summed E-state index contributed by atoms with van der Waals surface area (Å²) in [7, 11) is 0. The van der Waals surface area contributed by atoms with Gasteiger partial charge in [-0.1, -0.05) is 78.9 Å². The third-order valence-corrected chi connectivity index (χ3v) is 7.80. The number of hydrogen-bond acceptors (Lipinski definition) is 6. The van der Waals surface area contributed by atoms with E-state index in [0.29, 0.717) is 0 Å². The van der Waals surface area contributed by atoms with Gasteiger partial charge < -0.3 is 9.80 Å². The van der Waals surface area contributed by atoms with Gasteiger partial charge in [0.15, 0.2) is 0 Å². The van der Waals surface area contributed by atoms with Gasteiger partial charge in [0, 0.05) is 48.4 Å². The quantitative estimate of drug-likeness (QED) is 0.235. The average Bonchev–Trinajstić information content (AvgIpc) is 3.77. The second-order valence-electron chi connectivity index (χ2n) is 10.6. The molecule has 2 fully saturated rings. The fraction of sp³-hybridized carbons (Fsp3) is 0.235. The highest BCUT2D eigenvalue weighted by atomic mass is 15.3. The first-order valence-electron chi connectivity index (χ1n) is 14.3. The molecule has 0 amide bonds. The normalized spacial score (nSPS) is 15.1. The van der Waals surface area contributed by atoms with Crippen molar-refractivity contribution in [3.05, 3.63) is 97.1 Å². The average molecular weight is 525 g/mol. The van der Waals surface area contributed by atoms with Crippen LogP contribution in [-0.4, -0.2) is 46.1 Å². The Hall–Kier alpha value is -4.58. The summed E-state index contributed by atoms with van der Waals surface area (Å²) < 4.78 is 0. The molecule has 2 aromatic heterocycles. The summed E-state index contributed by atoms with van der Waals surface area (Å²) in [6.07, 6.45) is 4.72. The predicted molar refractivity (Wildman–Crippen MR) is 162 cm³/mol. The molecule has 5 aromatic rings. The Morgan fingerprint density at radius 3 is 1.12 bits per heavy atom. The van der Waals surface area contributed by atoms with E-state index in [0.717, 1.165) is 83.1 Å². The molecule has 2 saturated heterocycles. The van der Waals surface area contributed by atoms with Gasteiger partial charge in [-0.25, -0.2) is 19.9 Å². The number of aromatic nitrogens is 4. The van der Waals surface area contributed by atoms with Crippen LogP contribution in [0.15, 0.2) is 97.1 Å². The maximum absolute atomic E-state index is 5.07. The smallest absolute Gasteiger partial charge is 0.226 e. The third kappa shape index (κ3) is 5.05. The van der Waals surface area contributed by atoms with Crippen LogP contribution >= 0.6 is 0 Å². The molecule has 198 valence electrons. The summed E-state index contributed by atoms with van der Waals surface area (Å²) >= 11 is 0. The van der Waals surface area contributed by atoms with E-state index in [-0.39, 0.29) is 0 Å². The number of rotatable bonds is 6. The van der Waals surface area contributed by atoms with E-state index < -0.39 is 0 Å². The van der Waals surface area contributed by atoms with Crippen LogP contribution in [0, 0.1) is 0 Å². The van der Waals surface area contributed by atoms with Crippen molar-refractivity contribution < 1.29 is 0 Å². The topological polar surface area (TPSA) is 58.0 Å². The fourth-order valence-electron chi connectivity index (χ4n) is 5.63. The van der Waals surface area contributed by atoms with Crippen molar-refractivity contribution in [1.82, 2.24) is 19.9 Å². The van der Waals surface area contributed by atoms with Gasteiger partial charge in [-0.3, -0.25) is 0 Å². The Morgan fingerprint density at radius 2 is 0.725 bits per heavy atom. The van der Waals surface area contributed by atoms with Crippen molar-refractivity contribution in [1.29, 1.82) is 0 Å². The largest absolute Gasteiger partial charge is 0.341 e.